The number of hydrogen-bond donors (Lipinski definition) is 1. The van der Waals surface area contributed by atoms with E-state index in [0.717, 1.165) is 5.01 Å². The molecule has 0 aliphatic carbocycles. The Kier molecular flexibility index (Phi) is 3.63. The minimum absolute atomic E-state index is 0.168. The Hall–Kier alpha value is -1.38. The lowest BCUT2D eigenvalue weighted by atomic mass is 10.4. The maximum Gasteiger partial charge on any atom is 0.273 e. The average molecular weight is 209 g/mol. The van der Waals surface area contributed by atoms with Crippen molar-refractivity contribution in [3.63, 3.8) is 0 Å². The number of terminal acetylenes is 1. The van der Waals surface area contributed by atoms with Crippen LogP contribution in [-0.2, 0) is 6.54 Å². The predicted octanol–water partition coefficient (Wildman–Crippen LogP) is 0.307. The van der Waals surface area contributed by atoms with Gasteiger partial charge in [0.05, 0.1) is 6.54 Å². The molecule has 0 bridgehead atoms. The lowest BCUT2D eigenvalue weighted by Gasteiger charge is -2.11. The fourth-order valence-electron chi connectivity index (χ4n) is 0.907. The summed E-state index contributed by atoms with van der Waals surface area (Å²) in [6, 6.07) is 0. The minimum atomic E-state index is -0.168. The molecule has 0 saturated carbocycles. The van der Waals surface area contributed by atoms with Crippen LogP contribution in [-0.4, -0.2) is 29.4 Å². The van der Waals surface area contributed by atoms with Crippen molar-refractivity contribution >= 4 is 17.2 Å². The highest BCUT2D eigenvalue weighted by molar-refractivity contribution is 7.09. The van der Waals surface area contributed by atoms with Crippen LogP contribution in [0.25, 0.3) is 0 Å². The molecule has 1 aromatic heterocycles. The maximum atomic E-state index is 11.6. The SMILES string of the molecule is C#CCN(C)C(=O)c1csc(CN)n1. The molecule has 0 radical (unpaired) electrons. The molecular formula is C9H11N3OS. The van der Waals surface area contributed by atoms with Gasteiger partial charge in [0, 0.05) is 19.0 Å². The number of carbonyl (C=O) groups is 1. The molecule has 1 rings (SSSR count). The molecule has 0 aromatic carbocycles. The quantitative estimate of drug-likeness (QED) is 0.729. The van der Waals surface area contributed by atoms with Crippen molar-refractivity contribution in [1.82, 2.24) is 9.88 Å². The molecule has 0 spiro atoms. The highest BCUT2D eigenvalue weighted by Crippen LogP contribution is 2.10. The summed E-state index contributed by atoms with van der Waals surface area (Å²) in [6.07, 6.45) is 5.09. The van der Waals surface area contributed by atoms with Gasteiger partial charge in [-0.1, -0.05) is 5.92 Å². The van der Waals surface area contributed by atoms with Crippen LogP contribution >= 0.6 is 11.3 Å². The second-order valence-electron chi connectivity index (χ2n) is 2.70. The van der Waals surface area contributed by atoms with Crippen molar-refractivity contribution in [2.24, 2.45) is 5.73 Å². The van der Waals surface area contributed by atoms with Gasteiger partial charge >= 0.3 is 0 Å². The zero-order valence-corrected chi connectivity index (χ0v) is 8.67. The van der Waals surface area contributed by atoms with E-state index < -0.39 is 0 Å². The van der Waals surface area contributed by atoms with Crippen LogP contribution in [0.3, 0.4) is 0 Å². The van der Waals surface area contributed by atoms with E-state index in [1.54, 1.807) is 12.4 Å². The van der Waals surface area contributed by atoms with E-state index in [4.69, 9.17) is 12.2 Å². The first-order valence-electron chi connectivity index (χ1n) is 4.02. The van der Waals surface area contributed by atoms with E-state index in [1.165, 1.54) is 16.2 Å². The van der Waals surface area contributed by atoms with Gasteiger partial charge in [-0.15, -0.1) is 17.8 Å². The molecule has 0 aliphatic rings. The van der Waals surface area contributed by atoms with Crippen LogP contribution in [0.2, 0.25) is 0 Å². The van der Waals surface area contributed by atoms with Crippen molar-refractivity contribution in [3.05, 3.63) is 16.1 Å². The first-order chi connectivity index (χ1) is 6.69. The van der Waals surface area contributed by atoms with Gasteiger partial charge in [-0.25, -0.2) is 4.98 Å². The number of nitrogens with two attached hydrogens (primary N) is 1. The molecule has 0 atom stereocenters. The summed E-state index contributed by atoms with van der Waals surface area (Å²) >= 11 is 1.38. The highest BCUT2D eigenvalue weighted by atomic mass is 32.1. The summed E-state index contributed by atoms with van der Waals surface area (Å²) < 4.78 is 0. The van der Waals surface area contributed by atoms with E-state index in [2.05, 4.69) is 10.9 Å². The first-order valence-corrected chi connectivity index (χ1v) is 4.90. The Morgan fingerprint density at radius 2 is 2.57 bits per heavy atom. The summed E-state index contributed by atoms with van der Waals surface area (Å²) in [5.41, 5.74) is 5.80. The molecule has 2 N–H and O–H groups in total. The number of amides is 1. The normalized spacial score (nSPS) is 9.50. The van der Waals surface area contributed by atoms with Gasteiger partial charge in [-0.05, 0) is 0 Å². The van der Waals surface area contributed by atoms with Gasteiger partial charge < -0.3 is 10.6 Å². The molecule has 4 nitrogen and oxygen atoms in total. The second kappa shape index (κ2) is 4.74. The molecule has 1 amide bonds. The molecule has 0 aliphatic heterocycles. The van der Waals surface area contributed by atoms with Gasteiger partial charge in [0.2, 0.25) is 0 Å². The van der Waals surface area contributed by atoms with Gasteiger partial charge in [0.15, 0.2) is 0 Å². The number of thiazole rings is 1. The fraction of sp³-hybridized carbons (Fsp3) is 0.333. The van der Waals surface area contributed by atoms with E-state index in [-0.39, 0.29) is 12.5 Å². The Labute approximate surface area is 86.7 Å². The Balaban J connectivity index is 2.74. The molecular weight excluding hydrogens is 198 g/mol. The third kappa shape index (κ3) is 2.31. The van der Waals surface area contributed by atoms with Crippen molar-refractivity contribution in [1.29, 1.82) is 0 Å². The van der Waals surface area contributed by atoms with E-state index in [1.807, 2.05) is 0 Å². The number of aromatic nitrogens is 1. The van der Waals surface area contributed by atoms with Gasteiger partial charge in [-0.3, -0.25) is 4.79 Å². The Morgan fingerprint density at radius 3 is 3.07 bits per heavy atom. The molecule has 74 valence electrons. The minimum Gasteiger partial charge on any atom is -0.329 e. The predicted molar refractivity (Wildman–Crippen MR) is 55.8 cm³/mol. The van der Waals surface area contributed by atoms with Crippen LogP contribution < -0.4 is 5.73 Å². The second-order valence-corrected chi connectivity index (χ2v) is 3.64. The Bertz CT molecular complexity index is 366. The smallest absolute Gasteiger partial charge is 0.273 e. The van der Waals surface area contributed by atoms with Crippen molar-refractivity contribution in [3.8, 4) is 12.3 Å². The number of nitrogens with zero attached hydrogens (tertiary/aromatic N) is 2. The van der Waals surface area contributed by atoms with E-state index >= 15 is 0 Å². The van der Waals surface area contributed by atoms with Crippen LogP contribution in [0.5, 0.6) is 0 Å². The number of hydrogen-bond acceptors (Lipinski definition) is 4. The number of carbonyl (C=O) groups excluding carboxylic acids is 1. The zero-order chi connectivity index (χ0) is 10.6. The Morgan fingerprint density at radius 1 is 1.86 bits per heavy atom. The third-order valence-electron chi connectivity index (χ3n) is 1.62. The first kappa shape index (κ1) is 10.7. The topological polar surface area (TPSA) is 59.2 Å². The average Bonchev–Trinajstić information content (AvgIpc) is 2.65. The summed E-state index contributed by atoms with van der Waals surface area (Å²) in [4.78, 5) is 17.1. The molecule has 0 fully saturated rings. The van der Waals surface area contributed by atoms with E-state index in [0.29, 0.717) is 12.2 Å². The van der Waals surface area contributed by atoms with Crippen molar-refractivity contribution in [2.45, 2.75) is 6.54 Å². The monoisotopic (exact) mass is 209 g/mol. The molecule has 5 heteroatoms. The summed E-state index contributed by atoms with van der Waals surface area (Å²) in [5.74, 6) is 2.23. The lowest BCUT2D eigenvalue weighted by Crippen LogP contribution is -2.27. The highest BCUT2D eigenvalue weighted by Gasteiger charge is 2.13. The summed E-state index contributed by atoms with van der Waals surface area (Å²) in [7, 11) is 1.64. The van der Waals surface area contributed by atoms with Crippen LogP contribution in [0.15, 0.2) is 5.38 Å². The largest absolute Gasteiger partial charge is 0.329 e. The fourth-order valence-corrected chi connectivity index (χ4v) is 1.56. The molecule has 14 heavy (non-hydrogen) atoms. The number of rotatable bonds is 3. The molecule has 0 unspecified atom stereocenters. The zero-order valence-electron chi connectivity index (χ0n) is 7.86. The van der Waals surface area contributed by atoms with Crippen molar-refractivity contribution in [2.75, 3.05) is 13.6 Å². The molecule has 1 heterocycles. The van der Waals surface area contributed by atoms with Gasteiger partial charge in [0.25, 0.3) is 5.91 Å². The standard InChI is InChI=1S/C9H11N3OS/c1-3-4-12(2)9(13)7-6-14-8(5-10)11-7/h1,6H,4-5,10H2,2H3. The van der Waals surface area contributed by atoms with Crippen LogP contribution in [0.4, 0.5) is 0 Å². The lowest BCUT2D eigenvalue weighted by molar-refractivity contribution is 0.0807. The van der Waals surface area contributed by atoms with Gasteiger partial charge in [-0.2, -0.15) is 0 Å². The van der Waals surface area contributed by atoms with Gasteiger partial charge in [0.1, 0.15) is 10.7 Å². The summed E-state index contributed by atoms with van der Waals surface area (Å²) in [6.45, 7) is 0.644. The van der Waals surface area contributed by atoms with Crippen LogP contribution in [0, 0.1) is 12.3 Å². The molecule has 0 saturated heterocycles. The maximum absolute atomic E-state index is 11.6. The van der Waals surface area contributed by atoms with Crippen molar-refractivity contribution < 1.29 is 4.79 Å². The third-order valence-corrected chi connectivity index (χ3v) is 2.49. The summed E-state index contributed by atoms with van der Waals surface area (Å²) in [5, 5.41) is 2.44. The van der Waals surface area contributed by atoms with E-state index in [9.17, 15) is 4.79 Å². The molecule has 1 aromatic rings. The van der Waals surface area contributed by atoms with Crippen LogP contribution in [0.1, 0.15) is 15.5 Å².